The second-order valence-electron chi connectivity index (χ2n) is 12.7. The Morgan fingerprint density at radius 1 is 1.05 bits per heavy atom. The van der Waals surface area contributed by atoms with E-state index in [0.717, 1.165) is 38.6 Å². The van der Waals surface area contributed by atoms with Gasteiger partial charge in [-0.05, 0) is 96.9 Å². The zero-order valence-corrected chi connectivity index (χ0v) is 25.5. The molecule has 1 aliphatic heterocycles. The molecule has 12 heteroatoms. The lowest BCUT2D eigenvalue weighted by Crippen LogP contribution is -2.42. The molecule has 11 nitrogen and oxygen atoms in total. The number of carbonyl (C=O) groups is 2. The summed E-state index contributed by atoms with van der Waals surface area (Å²) in [7, 11) is -4.25. The molecule has 3 heterocycles. The van der Waals surface area contributed by atoms with Crippen LogP contribution in [0.25, 0.3) is 0 Å². The van der Waals surface area contributed by atoms with Crippen molar-refractivity contribution in [2.24, 2.45) is 5.92 Å². The summed E-state index contributed by atoms with van der Waals surface area (Å²) in [6, 6.07) is 7.94. The maximum Gasteiger partial charge on any atom is 0.407 e. The molecule has 2 aromatic rings. The fourth-order valence-corrected chi connectivity index (χ4v) is 6.62. The molecular formula is C29H42N6O5S. The molecule has 2 aromatic heterocycles. The van der Waals surface area contributed by atoms with Gasteiger partial charge >= 0.3 is 6.09 Å². The van der Waals surface area contributed by atoms with Gasteiger partial charge in [0.05, 0.1) is 5.56 Å². The monoisotopic (exact) mass is 586 g/mol. The number of rotatable bonds is 7. The number of nitrogens with one attached hydrogen (secondary N) is 3. The van der Waals surface area contributed by atoms with Crippen molar-refractivity contribution in [1.29, 1.82) is 0 Å². The number of amides is 2. The highest BCUT2D eigenvalue weighted by Gasteiger charge is 2.39. The average Bonchev–Trinajstić information content (AvgIpc) is 3.15. The Balaban J connectivity index is 1.39. The SMILES string of the molecule is CC1CN(c2ncccc2C(=O)NS(=O)(=O)c2cccc(N[C@H]3CC[C@@H](NC(=O)OC(C)(C)C)CC3)n2)C(C)(C)C1. The smallest absolute Gasteiger partial charge is 0.407 e. The van der Waals surface area contributed by atoms with Crippen LogP contribution in [0.1, 0.15) is 84.0 Å². The summed E-state index contributed by atoms with van der Waals surface area (Å²) < 4.78 is 33.9. The van der Waals surface area contributed by atoms with Crippen LogP contribution in [0.15, 0.2) is 41.6 Å². The summed E-state index contributed by atoms with van der Waals surface area (Å²) in [6.07, 6.45) is 5.17. The molecule has 2 amide bonds. The van der Waals surface area contributed by atoms with Crippen LogP contribution in [0.5, 0.6) is 0 Å². The lowest BCUT2D eigenvalue weighted by atomic mass is 9.91. The Bertz CT molecular complexity index is 1370. The van der Waals surface area contributed by atoms with Crippen LogP contribution in [-0.2, 0) is 14.8 Å². The highest BCUT2D eigenvalue weighted by atomic mass is 32.2. The molecule has 0 bridgehead atoms. The largest absolute Gasteiger partial charge is 0.444 e. The first-order valence-electron chi connectivity index (χ1n) is 14.2. The van der Waals surface area contributed by atoms with Gasteiger partial charge in [0.15, 0.2) is 5.03 Å². The number of hydrogen-bond acceptors (Lipinski definition) is 9. The molecule has 1 aliphatic carbocycles. The fraction of sp³-hybridized carbons (Fsp3) is 0.586. The first-order chi connectivity index (χ1) is 19.1. The number of anilines is 2. The van der Waals surface area contributed by atoms with Crippen LogP contribution in [-0.4, -0.2) is 60.2 Å². The lowest BCUT2D eigenvalue weighted by Gasteiger charge is -2.33. The molecule has 2 fully saturated rings. The molecule has 1 atom stereocenters. The van der Waals surface area contributed by atoms with Crippen molar-refractivity contribution in [3.8, 4) is 0 Å². The molecule has 1 unspecified atom stereocenters. The van der Waals surface area contributed by atoms with Crippen LogP contribution in [0.3, 0.4) is 0 Å². The van der Waals surface area contributed by atoms with E-state index >= 15 is 0 Å². The maximum absolute atomic E-state index is 13.3. The maximum atomic E-state index is 13.3. The minimum Gasteiger partial charge on any atom is -0.444 e. The molecule has 2 aliphatic rings. The van der Waals surface area contributed by atoms with Gasteiger partial charge in [-0.2, -0.15) is 8.42 Å². The van der Waals surface area contributed by atoms with Crippen molar-refractivity contribution in [2.75, 3.05) is 16.8 Å². The van der Waals surface area contributed by atoms with E-state index in [0.29, 0.717) is 17.6 Å². The van der Waals surface area contributed by atoms with Gasteiger partial charge in [-0.25, -0.2) is 19.5 Å². The van der Waals surface area contributed by atoms with Gasteiger partial charge in [-0.1, -0.05) is 13.0 Å². The van der Waals surface area contributed by atoms with E-state index in [4.69, 9.17) is 4.74 Å². The van der Waals surface area contributed by atoms with Gasteiger partial charge in [0, 0.05) is 30.4 Å². The second kappa shape index (κ2) is 11.8. The minimum absolute atomic E-state index is 0.0181. The number of sulfonamides is 1. The summed E-state index contributed by atoms with van der Waals surface area (Å²) in [6.45, 7) is 12.5. The number of pyridine rings is 2. The average molecular weight is 587 g/mol. The van der Waals surface area contributed by atoms with E-state index in [1.807, 2.05) is 20.8 Å². The van der Waals surface area contributed by atoms with Crippen molar-refractivity contribution in [1.82, 2.24) is 20.0 Å². The van der Waals surface area contributed by atoms with E-state index < -0.39 is 27.6 Å². The number of nitrogens with zero attached hydrogens (tertiary/aromatic N) is 3. The summed E-state index contributed by atoms with van der Waals surface area (Å²) >= 11 is 0. The van der Waals surface area contributed by atoms with E-state index in [9.17, 15) is 18.0 Å². The number of hydrogen-bond donors (Lipinski definition) is 3. The van der Waals surface area contributed by atoms with Gasteiger partial charge < -0.3 is 20.3 Å². The Kier molecular flexibility index (Phi) is 8.81. The van der Waals surface area contributed by atoms with Gasteiger partial charge in [0.2, 0.25) is 0 Å². The highest BCUT2D eigenvalue weighted by Crippen LogP contribution is 2.37. The molecule has 224 valence electrons. The van der Waals surface area contributed by atoms with Crippen LogP contribution < -0.4 is 20.3 Å². The zero-order valence-electron chi connectivity index (χ0n) is 24.7. The van der Waals surface area contributed by atoms with E-state index in [-0.39, 0.29) is 28.2 Å². The summed E-state index contributed by atoms with van der Waals surface area (Å²) in [5, 5.41) is 5.97. The van der Waals surface area contributed by atoms with Crippen molar-refractivity contribution >= 4 is 33.7 Å². The van der Waals surface area contributed by atoms with Crippen molar-refractivity contribution < 1.29 is 22.7 Å². The topological polar surface area (TPSA) is 143 Å². The first kappa shape index (κ1) is 30.5. The molecule has 0 spiro atoms. The Morgan fingerprint density at radius 3 is 2.37 bits per heavy atom. The van der Waals surface area contributed by atoms with Gasteiger partial charge in [-0.15, -0.1) is 0 Å². The van der Waals surface area contributed by atoms with E-state index in [2.05, 4.69) is 51.0 Å². The Hall–Kier alpha value is -3.41. The summed E-state index contributed by atoms with van der Waals surface area (Å²) in [4.78, 5) is 36.1. The van der Waals surface area contributed by atoms with Crippen LogP contribution in [0.4, 0.5) is 16.4 Å². The third kappa shape index (κ3) is 7.87. The highest BCUT2D eigenvalue weighted by molar-refractivity contribution is 7.90. The molecule has 3 N–H and O–H groups in total. The second-order valence-corrected chi connectivity index (χ2v) is 14.4. The van der Waals surface area contributed by atoms with E-state index in [1.165, 1.54) is 6.07 Å². The van der Waals surface area contributed by atoms with Gasteiger partial charge in [0.1, 0.15) is 17.2 Å². The van der Waals surface area contributed by atoms with Crippen LogP contribution >= 0.6 is 0 Å². The Morgan fingerprint density at radius 2 is 1.73 bits per heavy atom. The lowest BCUT2D eigenvalue weighted by molar-refractivity contribution is 0.0492. The van der Waals surface area contributed by atoms with Crippen LogP contribution in [0.2, 0.25) is 0 Å². The number of ether oxygens (including phenoxy) is 1. The van der Waals surface area contributed by atoms with Gasteiger partial charge in [0.25, 0.3) is 15.9 Å². The van der Waals surface area contributed by atoms with Crippen molar-refractivity contribution in [2.45, 2.75) is 102 Å². The first-order valence-corrected chi connectivity index (χ1v) is 15.6. The standard InChI is InChI=1S/C29H42N6O5S/c1-19-17-29(5,6)35(18-19)25-22(9-8-16-30-25)26(36)34-41(38,39)24-11-7-10-23(33-24)31-20-12-14-21(15-13-20)32-27(37)40-28(2,3)4/h7-11,16,19-21H,12-15,17-18H2,1-6H3,(H,31,33)(H,32,37)(H,34,36)/t19?,20-,21+. The zero-order chi connectivity index (χ0) is 30.0. The number of carbonyl (C=O) groups excluding carboxylic acids is 2. The quantitative estimate of drug-likeness (QED) is 0.428. The number of aromatic nitrogens is 2. The van der Waals surface area contributed by atoms with E-state index in [1.54, 1.807) is 30.5 Å². The summed E-state index contributed by atoms with van der Waals surface area (Å²) in [5.74, 6) is 0.537. The normalized spacial score (nSPS) is 22.6. The molecule has 0 aromatic carbocycles. The molecular weight excluding hydrogens is 544 g/mol. The molecule has 41 heavy (non-hydrogen) atoms. The predicted octanol–water partition coefficient (Wildman–Crippen LogP) is 4.47. The fourth-order valence-electron chi connectivity index (χ4n) is 5.69. The predicted molar refractivity (Wildman–Crippen MR) is 157 cm³/mol. The Labute approximate surface area is 242 Å². The van der Waals surface area contributed by atoms with Gasteiger partial charge in [-0.3, -0.25) is 4.79 Å². The summed E-state index contributed by atoms with van der Waals surface area (Å²) in [5.41, 5.74) is -0.568. The van der Waals surface area contributed by atoms with Crippen molar-refractivity contribution in [3.05, 3.63) is 42.1 Å². The minimum atomic E-state index is -4.25. The van der Waals surface area contributed by atoms with Crippen LogP contribution in [0, 0.1) is 5.92 Å². The molecule has 4 rings (SSSR count). The number of alkyl carbamates (subject to hydrolysis) is 1. The molecule has 1 saturated carbocycles. The van der Waals surface area contributed by atoms with Crippen molar-refractivity contribution in [3.63, 3.8) is 0 Å². The molecule has 1 saturated heterocycles. The molecule has 0 radical (unpaired) electrons. The third-order valence-electron chi connectivity index (χ3n) is 7.39. The third-order valence-corrected chi connectivity index (χ3v) is 8.62.